The molecule has 2 rings (SSSR count). The molecular weight excluding hydrogens is 315 g/mol. The first-order valence-electron chi connectivity index (χ1n) is 5.80. The van der Waals surface area contributed by atoms with Crippen LogP contribution in [0.2, 0.25) is 0 Å². The Morgan fingerprint density at radius 3 is 2.78 bits per heavy atom. The van der Waals surface area contributed by atoms with Crippen LogP contribution in [0.4, 0.5) is 4.39 Å². The largest absolute Gasteiger partial charge is 0.387 e. The van der Waals surface area contributed by atoms with Crippen LogP contribution in [0, 0.1) is 5.82 Å². The molecule has 0 aliphatic rings. The van der Waals surface area contributed by atoms with Crippen molar-refractivity contribution < 1.29 is 9.50 Å². The van der Waals surface area contributed by atoms with Gasteiger partial charge in [-0.3, -0.25) is 0 Å². The van der Waals surface area contributed by atoms with E-state index in [1.807, 2.05) is 11.4 Å². The minimum atomic E-state index is -0.526. The number of aliphatic hydroxyl groups excluding tert-OH is 1. The van der Waals surface area contributed by atoms with Crippen molar-refractivity contribution in [3.8, 4) is 0 Å². The van der Waals surface area contributed by atoms with Crippen LogP contribution in [0.25, 0.3) is 0 Å². The summed E-state index contributed by atoms with van der Waals surface area (Å²) in [6.07, 6.45) is 0.885. The number of benzene rings is 1. The second kappa shape index (κ2) is 5.95. The van der Waals surface area contributed by atoms with E-state index in [1.54, 1.807) is 17.4 Å². The molecule has 1 aromatic heterocycles. The van der Waals surface area contributed by atoms with Gasteiger partial charge in [-0.1, -0.05) is 28.9 Å². The fourth-order valence-corrected chi connectivity index (χ4v) is 3.42. The van der Waals surface area contributed by atoms with E-state index in [0.29, 0.717) is 10.9 Å². The minimum Gasteiger partial charge on any atom is -0.387 e. The summed E-state index contributed by atoms with van der Waals surface area (Å²) in [6.45, 7) is 2.08. The highest BCUT2D eigenvalue weighted by molar-refractivity contribution is 9.10. The maximum atomic E-state index is 13.0. The molecule has 1 unspecified atom stereocenters. The third kappa shape index (κ3) is 2.99. The van der Waals surface area contributed by atoms with E-state index in [4.69, 9.17) is 0 Å². The molecule has 0 aliphatic heterocycles. The monoisotopic (exact) mass is 328 g/mol. The molecule has 2 aromatic rings. The van der Waals surface area contributed by atoms with Crippen LogP contribution < -0.4 is 0 Å². The van der Waals surface area contributed by atoms with E-state index in [9.17, 15) is 9.50 Å². The molecule has 0 fully saturated rings. The van der Waals surface area contributed by atoms with Gasteiger partial charge in [-0.15, -0.1) is 11.3 Å². The number of hydrogen-bond donors (Lipinski definition) is 1. The molecule has 1 heterocycles. The molecule has 0 bridgehead atoms. The summed E-state index contributed by atoms with van der Waals surface area (Å²) < 4.78 is 13.7. The van der Waals surface area contributed by atoms with Crippen LogP contribution in [-0.4, -0.2) is 5.11 Å². The number of aryl methyl sites for hydroxylation is 1. The molecular formula is C14H14BrFOS. The Morgan fingerprint density at radius 1 is 1.33 bits per heavy atom. The Morgan fingerprint density at radius 2 is 2.11 bits per heavy atom. The highest BCUT2D eigenvalue weighted by atomic mass is 79.9. The van der Waals surface area contributed by atoms with Crippen LogP contribution in [0.3, 0.4) is 0 Å². The second-order valence-electron chi connectivity index (χ2n) is 4.12. The van der Waals surface area contributed by atoms with Gasteiger partial charge in [-0.05, 0) is 41.1 Å². The van der Waals surface area contributed by atoms with E-state index >= 15 is 0 Å². The van der Waals surface area contributed by atoms with Crippen molar-refractivity contribution in [2.24, 2.45) is 0 Å². The summed E-state index contributed by atoms with van der Waals surface area (Å²) in [5.41, 5.74) is 2.10. The lowest BCUT2D eigenvalue weighted by Gasteiger charge is -2.12. The van der Waals surface area contributed by atoms with Crippen molar-refractivity contribution in [2.45, 2.75) is 25.9 Å². The Hall–Kier alpha value is -0.710. The van der Waals surface area contributed by atoms with E-state index in [1.165, 1.54) is 17.7 Å². The Balaban J connectivity index is 2.18. The minimum absolute atomic E-state index is 0.273. The van der Waals surface area contributed by atoms with Crippen LogP contribution in [-0.2, 0) is 12.8 Å². The molecule has 18 heavy (non-hydrogen) atoms. The number of rotatable bonds is 4. The van der Waals surface area contributed by atoms with Crippen molar-refractivity contribution in [1.29, 1.82) is 0 Å². The first kappa shape index (κ1) is 13.7. The van der Waals surface area contributed by atoms with Gasteiger partial charge in [0.1, 0.15) is 5.82 Å². The van der Waals surface area contributed by atoms with Gasteiger partial charge in [-0.25, -0.2) is 4.39 Å². The van der Waals surface area contributed by atoms with Gasteiger partial charge < -0.3 is 5.11 Å². The highest BCUT2D eigenvalue weighted by Crippen LogP contribution is 2.30. The van der Waals surface area contributed by atoms with Crippen molar-refractivity contribution in [3.05, 3.63) is 55.9 Å². The molecule has 1 aromatic carbocycles. The average Bonchev–Trinajstić information content (AvgIpc) is 2.81. The van der Waals surface area contributed by atoms with Gasteiger partial charge in [0.25, 0.3) is 0 Å². The standard InChI is InChI=1S/C14H14BrFOS/c1-2-9-5-6-18-14(9)13(17)7-10-3-4-11(16)8-12(10)15/h3-6,8,13,17H,2,7H2,1H3. The first-order chi connectivity index (χ1) is 8.61. The van der Waals surface area contributed by atoms with E-state index in [-0.39, 0.29) is 5.82 Å². The van der Waals surface area contributed by atoms with Gasteiger partial charge in [0.15, 0.2) is 0 Å². The summed E-state index contributed by atoms with van der Waals surface area (Å²) in [4.78, 5) is 1.01. The van der Waals surface area contributed by atoms with Gasteiger partial charge in [0.2, 0.25) is 0 Å². The molecule has 1 nitrogen and oxygen atoms in total. The maximum absolute atomic E-state index is 13.0. The second-order valence-corrected chi connectivity index (χ2v) is 5.92. The van der Waals surface area contributed by atoms with E-state index in [2.05, 4.69) is 22.9 Å². The first-order valence-corrected chi connectivity index (χ1v) is 7.47. The molecule has 0 spiro atoms. The zero-order valence-corrected chi connectivity index (χ0v) is 12.4. The van der Waals surface area contributed by atoms with Crippen LogP contribution >= 0.6 is 27.3 Å². The molecule has 0 saturated carbocycles. The lowest BCUT2D eigenvalue weighted by molar-refractivity contribution is 0.181. The molecule has 1 N–H and O–H groups in total. The van der Waals surface area contributed by atoms with Gasteiger partial charge in [-0.2, -0.15) is 0 Å². The fraction of sp³-hybridized carbons (Fsp3) is 0.286. The molecule has 0 radical (unpaired) electrons. The zero-order chi connectivity index (χ0) is 13.1. The smallest absolute Gasteiger partial charge is 0.124 e. The number of thiophene rings is 1. The maximum Gasteiger partial charge on any atom is 0.124 e. The van der Waals surface area contributed by atoms with Crippen LogP contribution in [0.1, 0.15) is 29.0 Å². The lowest BCUT2D eigenvalue weighted by atomic mass is 10.0. The van der Waals surface area contributed by atoms with E-state index in [0.717, 1.165) is 16.9 Å². The molecule has 4 heteroatoms. The lowest BCUT2D eigenvalue weighted by Crippen LogP contribution is -2.03. The van der Waals surface area contributed by atoms with Crippen molar-refractivity contribution in [1.82, 2.24) is 0 Å². The number of aliphatic hydroxyl groups is 1. The molecule has 0 aliphatic carbocycles. The predicted octanol–water partition coefficient (Wildman–Crippen LogP) is 4.49. The van der Waals surface area contributed by atoms with Crippen molar-refractivity contribution >= 4 is 27.3 Å². The summed E-state index contributed by atoms with van der Waals surface area (Å²) >= 11 is 4.90. The van der Waals surface area contributed by atoms with Crippen LogP contribution in [0.5, 0.6) is 0 Å². The summed E-state index contributed by atoms with van der Waals surface area (Å²) in [7, 11) is 0. The number of hydrogen-bond acceptors (Lipinski definition) is 2. The Bertz CT molecular complexity index is 538. The third-order valence-electron chi connectivity index (χ3n) is 2.89. The van der Waals surface area contributed by atoms with Crippen molar-refractivity contribution in [3.63, 3.8) is 0 Å². The summed E-state index contributed by atoms with van der Waals surface area (Å²) in [5, 5.41) is 12.3. The topological polar surface area (TPSA) is 20.2 Å². The third-order valence-corrected chi connectivity index (χ3v) is 4.69. The number of halogens is 2. The van der Waals surface area contributed by atoms with Crippen LogP contribution in [0.15, 0.2) is 34.1 Å². The van der Waals surface area contributed by atoms with Gasteiger partial charge >= 0.3 is 0 Å². The summed E-state index contributed by atoms with van der Waals surface area (Å²) in [6, 6.07) is 6.60. The normalized spacial score (nSPS) is 12.7. The SMILES string of the molecule is CCc1ccsc1C(O)Cc1ccc(F)cc1Br. The fourth-order valence-electron chi connectivity index (χ4n) is 1.92. The zero-order valence-electron chi connectivity index (χ0n) is 9.99. The predicted molar refractivity (Wildman–Crippen MR) is 76.5 cm³/mol. The highest BCUT2D eigenvalue weighted by Gasteiger charge is 2.15. The molecule has 96 valence electrons. The van der Waals surface area contributed by atoms with E-state index < -0.39 is 6.10 Å². The molecule has 0 amide bonds. The molecule has 1 atom stereocenters. The molecule has 0 saturated heterocycles. The Kier molecular flexibility index (Phi) is 4.54. The van der Waals surface area contributed by atoms with Gasteiger partial charge in [0, 0.05) is 15.8 Å². The van der Waals surface area contributed by atoms with Crippen molar-refractivity contribution in [2.75, 3.05) is 0 Å². The Labute approximate surface area is 118 Å². The average molecular weight is 329 g/mol. The van der Waals surface area contributed by atoms with Gasteiger partial charge in [0.05, 0.1) is 6.10 Å². The quantitative estimate of drug-likeness (QED) is 0.876. The summed E-state index contributed by atoms with van der Waals surface area (Å²) in [5.74, 6) is -0.273.